The molecule has 162 valence electrons. The van der Waals surface area contributed by atoms with E-state index in [0.29, 0.717) is 16.1 Å². The Bertz CT molecular complexity index is 969. The molecule has 2 saturated heterocycles. The van der Waals surface area contributed by atoms with Gasteiger partial charge in [-0.05, 0) is 36.2 Å². The second-order valence-electron chi connectivity index (χ2n) is 7.98. The maximum atomic E-state index is 14.5. The van der Waals surface area contributed by atoms with E-state index in [9.17, 15) is 19.0 Å². The number of methoxy groups -OCH3 is 1. The van der Waals surface area contributed by atoms with E-state index in [4.69, 9.17) is 25.8 Å². The predicted octanol–water partition coefficient (Wildman–Crippen LogP) is 3.69. The molecule has 2 heterocycles. The lowest BCUT2D eigenvalue weighted by molar-refractivity contribution is -0.258. The summed E-state index contributed by atoms with van der Waals surface area (Å²) in [6.07, 6.45) is -1.06. The van der Waals surface area contributed by atoms with Crippen LogP contribution in [0.1, 0.15) is 36.5 Å². The summed E-state index contributed by atoms with van der Waals surface area (Å²) in [4.78, 5) is 0. The molecule has 2 aliphatic heterocycles. The summed E-state index contributed by atoms with van der Waals surface area (Å²) < 4.78 is 45.5. The van der Waals surface area contributed by atoms with Crippen molar-refractivity contribution in [3.8, 4) is 5.75 Å². The maximum absolute atomic E-state index is 14.5. The van der Waals surface area contributed by atoms with Crippen molar-refractivity contribution in [2.75, 3.05) is 13.7 Å². The Balaban J connectivity index is 1.69. The van der Waals surface area contributed by atoms with Crippen molar-refractivity contribution in [2.45, 2.75) is 49.8 Å². The van der Waals surface area contributed by atoms with E-state index in [2.05, 4.69) is 0 Å². The van der Waals surface area contributed by atoms with Crippen LogP contribution in [0.4, 0.5) is 8.78 Å². The lowest BCUT2D eigenvalue weighted by atomic mass is 9.85. The number of aliphatic hydroxyl groups excluding tert-OH is 2. The predicted molar refractivity (Wildman–Crippen MR) is 106 cm³/mol. The average molecular weight is 441 g/mol. The van der Waals surface area contributed by atoms with Gasteiger partial charge in [0.25, 0.3) is 0 Å². The Labute approximate surface area is 178 Å². The zero-order valence-electron chi connectivity index (χ0n) is 16.6. The van der Waals surface area contributed by atoms with Crippen molar-refractivity contribution >= 4 is 11.6 Å². The first-order valence-corrected chi connectivity index (χ1v) is 10.1. The third-order valence-corrected chi connectivity index (χ3v) is 6.35. The number of rotatable bonds is 5. The molecule has 2 N–H and O–H groups in total. The lowest BCUT2D eigenvalue weighted by Crippen LogP contribution is -2.51. The van der Waals surface area contributed by atoms with E-state index >= 15 is 0 Å². The number of fused-ring (bicyclic) bond motifs is 2. The number of hydrogen-bond acceptors (Lipinski definition) is 5. The summed E-state index contributed by atoms with van der Waals surface area (Å²) in [6, 6.07) is 7.87. The first-order chi connectivity index (χ1) is 14.2. The highest BCUT2D eigenvalue weighted by Crippen LogP contribution is 2.51. The van der Waals surface area contributed by atoms with Gasteiger partial charge < -0.3 is 24.4 Å². The van der Waals surface area contributed by atoms with Crippen molar-refractivity contribution in [3.63, 3.8) is 0 Å². The fourth-order valence-electron chi connectivity index (χ4n) is 4.26. The van der Waals surface area contributed by atoms with Crippen LogP contribution in [0.15, 0.2) is 30.3 Å². The van der Waals surface area contributed by atoms with Crippen LogP contribution in [0.2, 0.25) is 5.02 Å². The van der Waals surface area contributed by atoms with Gasteiger partial charge in [-0.2, -0.15) is 4.39 Å². The van der Waals surface area contributed by atoms with E-state index in [1.165, 1.54) is 19.2 Å². The molecule has 4 atom stereocenters. The average Bonchev–Trinajstić information content (AvgIpc) is 3.00. The molecule has 30 heavy (non-hydrogen) atoms. The van der Waals surface area contributed by atoms with Gasteiger partial charge >= 0.3 is 0 Å². The molecule has 0 aliphatic carbocycles. The van der Waals surface area contributed by atoms with E-state index in [0.717, 1.165) is 0 Å². The molecule has 2 fully saturated rings. The monoisotopic (exact) mass is 440 g/mol. The smallest absolute Gasteiger partial charge is 0.200 e. The van der Waals surface area contributed by atoms with Gasteiger partial charge in [0, 0.05) is 29.8 Å². The van der Waals surface area contributed by atoms with Crippen molar-refractivity contribution < 1.29 is 33.2 Å². The van der Waals surface area contributed by atoms with Gasteiger partial charge in [0.15, 0.2) is 17.4 Å². The van der Waals surface area contributed by atoms with E-state index in [-0.39, 0.29) is 37.2 Å². The highest BCUT2D eigenvalue weighted by molar-refractivity contribution is 6.31. The molecule has 8 heteroatoms. The van der Waals surface area contributed by atoms with Crippen LogP contribution >= 0.6 is 11.6 Å². The van der Waals surface area contributed by atoms with Crippen molar-refractivity contribution in [1.82, 2.24) is 0 Å². The summed E-state index contributed by atoms with van der Waals surface area (Å²) in [6.45, 7) is 1.74. The Morgan fingerprint density at radius 3 is 2.67 bits per heavy atom. The topological polar surface area (TPSA) is 68.2 Å². The van der Waals surface area contributed by atoms with Crippen LogP contribution in [0.25, 0.3) is 0 Å². The van der Waals surface area contributed by atoms with Crippen molar-refractivity contribution in [3.05, 3.63) is 63.7 Å². The van der Waals surface area contributed by atoms with Crippen LogP contribution < -0.4 is 4.74 Å². The van der Waals surface area contributed by atoms with Gasteiger partial charge in [0.05, 0.1) is 25.9 Å². The second kappa shape index (κ2) is 7.73. The fourth-order valence-corrected chi connectivity index (χ4v) is 4.45. The normalized spacial score (nSPS) is 29.1. The second-order valence-corrected chi connectivity index (χ2v) is 8.39. The van der Waals surface area contributed by atoms with Gasteiger partial charge in [0.2, 0.25) is 5.82 Å². The molecule has 5 nitrogen and oxygen atoms in total. The number of ether oxygens (including phenoxy) is 3. The van der Waals surface area contributed by atoms with Crippen LogP contribution in [-0.4, -0.2) is 41.7 Å². The molecule has 2 aromatic rings. The van der Waals surface area contributed by atoms with Gasteiger partial charge in [-0.25, -0.2) is 4.39 Å². The third-order valence-electron chi connectivity index (χ3n) is 5.98. The minimum Gasteiger partial charge on any atom is -0.494 e. The summed E-state index contributed by atoms with van der Waals surface area (Å²) >= 11 is 6.33. The summed E-state index contributed by atoms with van der Waals surface area (Å²) in [5.74, 6) is -3.46. The largest absolute Gasteiger partial charge is 0.494 e. The minimum absolute atomic E-state index is 0.0413. The van der Waals surface area contributed by atoms with Crippen LogP contribution in [-0.2, 0) is 21.7 Å². The standard InChI is InChI=1S/C22H23ClF2O5/c1-12(26)21-9-16(27)10-22(30-21,29-11-21)15-4-5-17(23)14(8-15)7-13-3-6-18(28-2)20(25)19(13)24/h3-6,8,12,16,26-27H,7,9-11H2,1-2H3/t12?,16-,21+,22+/m0/s1. The highest BCUT2D eigenvalue weighted by Gasteiger charge is 2.59. The summed E-state index contributed by atoms with van der Waals surface area (Å²) in [5.41, 5.74) is 0.273. The third kappa shape index (κ3) is 3.48. The van der Waals surface area contributed by atoms with Gasteiger partial charge in [-0.1, -0.05) is 23.7 Å². The molecule has 2 bridgehead atoms. The molecule has 1 unspecified atom stereocenters. The lowest BCUT2D eigenvalue weighted by Gasteiger charge is -2.41. The van der Waals surface area contributed by atoms with Crippen LogP contribution in [0, 0.1) is 11.6 Å². The number of halogens is 3. The molecule has 0 spiro atoms. The summed E-state index contributed by atoms with van der Waals surface area (Å²) in [5, 5.41) is 21.0. The SMILES string of the molecule is COc1ccc(Cc2cc([C@]34C[C@@H](O)C[C@](C(C)O)(CO3)O4)ccc2Cl)c(F)c1F. The van der Waals surface area contributed by atoms with Crippen molar-refractivity contribution in [2.24, 2.45) is 0 Å². The van der Waals surface area contributed by atoms with Crippen LogP contribution in [0.5, 0.6) is 5.75 Å². The van der Waals surface area contributed by atoms with Crippen molar-refractivity contribution in [1.29, 1.82) is 0 Å². The van der Waals surface area contributed by atoms with E-state index < -0.39 is 35.2 Å². The minimum atomic E-state index is -1.24. The molecule has 0 aromatic heterocycles. The molecular formula is C22H23ClF2O5. The maximum Gasteiger partial charge on any atom is 0.200 e. The number of hydrogen-bond donors (Lipinski definition) is 2. The Kier molecular flexibility index (Phi) is 5.53. The van der Waals surface area contributed by atoms with Gasteiger partial charge in [0.1, 0.15) is 5.60 Å². The van der Waals surface area contributed by atoms with E-state index in [1.807, 2.05) is 0 Å². The number of aliphatic hydroxyl groups is 2. The highest BCUT2D eigenvalue weighted by atomic mass is 35.5. The molecule has 0 radical (unpaired) electrons. The molecule has 4 rings (SSSR count). The molecule has 0 saturated carbocycles. The van der Waals surface area contributed by atoms with Gasteiger partial charge in [-0.3, -0.25) is 0 Å². The Morgan fingerprint density at radius 1 is 1.20 bits per heavy atom. The van der Waals surface area contributed by atoms with Gasteiger partial charge in [-0.15, -0.1) is 0 Å². The van der Waals surface area contributed by atoms with E-state index in [1.54, 1.807) is 25.1 Å². The first-order valence-electron chi connectivity index (χ1n) is 9.70. The number of benzene rings is 2. The molecule has 2 aliphatic rings. The first kappa shape index (κ1) is 21.5. The Morgan fingerprint density at radius 2 is 1.97 bits per heavy atom. The fraction of sp³-hybridized carbons (Fsp3) is 0.455. The molecular weight excluding hydrogens is 418 g/mol. The summed E-state index contributed by atoms with van der Waals surface area (Å²) in [7, 11) is 1.27. The molecule has 2 aromatic carbocycles. The zero-order chi connectivity index (χ0) is 21.7. The molecule has 0 amide bonds. The quantitative estimate of drug-likeness (QED) is 0.742. The zero-order valence-corrected chi connectivity index (χ0v) is 17.4. The van der Waals surface area contributed by atoms with Crippen LogP contribution in [0.3, 0.4) is 0 Å². The Hall–Kier alpha value is -1.77.